The molecule has 0 aromatic heterocycles. The van der Waals surface area contributed by atoms with E-state index < -0.39 is 18.0 Å². The lowest BCUT2D eigenvalue weighted by molar-refractivity contribution is -0.148. The number of hydrogen-bond donors (Lipinski definition) is 2. The van der Waals surface area contributed by atoms with Crippen molar-refractivity contribution in [2.45, 2.75) is 13.0 Å². The molecule has 1 aromatic rings. The first-order valence-corrected chi connectivity index (χ1v) is 5.52. The Balaban J connectivity index is 2.31. The highest BCUT2D eigenvalue weighted by molar-refractivity contribution is 6.37. The molecular formula is C12H12N2O5. The van der Waals surface area contributed by atoms with Crippen molar-refractivity contribution in [3.63, 3.8) is 0 Å². The van der Waals surface area contributed by atoms with Gasteiger partial charge in [0.1, 0.15) is 5.75 Å². The molecule has 2 N–H and O–H groups in total. The van der Waals surface area contributed by atoms with E-state index in [0.29, 0.717) is 17.1 Å². The molecule has 0 saturated heterocycles. The van der Waals surface area contributed by atoms with Crippen LogP contribution in [0.5, 0.6) is 5.75 Å². The van der Waals surface area contributed by atoms with E-state index in [1.165, 1.54) is 13.1 Å². The zero-order valence-corrected chi connectivity index (χ0v) is 10.3. The summed E-state index contributed by atoms with van der Waals surface area (Å²) in [6.07, 6.45) is -0.586. The summed E-state index contributed by atoms with van der Waals surface area (Å²) in [6, 6.07) is 4.61. The lowest BCUT2D eigenvalue weighted by atomic mass is 10.2. The van der Waals surface area contributed by atoms with Gasteiger partial charge in [0, 0.05) is 12.7 Å². The molecule has 0 bridgehead atoms. The van der Waals surface area contributed by atoms with Gasteiger partial charge in [0.05, 0.1) is 5.69 Å². The Kier molecular flexibility index (Phi) is 3.12. The van der Waals surface area contributed by atoms with Crippen LogP contribution in [-0.2, 0) is 14.4 Å². The molecule has 0 saturated carbocycles. The average molecular weight is 264 g/mol. The second-order valence-electron chi connectivity index (χ2n) is 4.10. The second-order valence-corrected chi connectivity index (χ2v) is 4.10. The van der Waals surface area contributed by atoms with Crippen LogP contribution < -0.4 is 15.0 Å². The van der Waals surface area contributed by atoms with Crippen LogP contribution in [0.1, 0.15) is 6.92 Å². The van der Waals surface area contributed by atoms with Gasteiger partial charge in [-0.3, -0.25) is 9.59 Å². The first-order valence-electron chi connectivity index (χ1n) is 5.52. The van der Waals surface area contributed by atoms with Gasteiger partial charge in [-0.15, -0.1) is 0 Å². The van der Waals surface area contributed by atoms with Gasteiger partial charge >= 0.3 is 11.9 Å². The van der Waals surface area contributed by atoms with Gasteiger partial charge in [-0.2, -0.15) is 0 Å². The van der Waals surface area contributed by atoms with E-state index in [2.05, 4.69) is 5.32 Å². The standard InChI is InChI=1S/C12H12N2O5/c1-6-10(15)13-8-5-7(3-4-9(8)19-6)14(2)11(16)12(17)18/h3-6H,1-2H3,(H,13,15)(H,17,18). The normalized spacial score (nSPS) is 16.9. The highest BCUT2D eigenvalue weighted by Crippen LogP contribution is 2.33. The molecule has 7 heteroatoms. The topological polar surface area (TPSA) is 95.9 Å². The van der Waals surface area contributed by atoms with E-state index in [-0.39, 0.29) is 5.91 Å². The maximum atomic E-state index is 11.5. The number of anilines is 2. The molecule has 1 heterocycles. The molecule has 19 heavy (non-hydrogen) atoms. The fourth-order valence-electron chi connectivity index (χ4n) is 1.67. The lowest BCUT2D eigenvalue weighted by Crippen LogP contribution is -2.35. The van der Waals surface area contributed by atoms with Gasteiger partial charge in [-0.05, 0) is 25.1 Å². The Hall–Kier alpha value is -2.57. The summed E-state index contributed by atoms with van der Waals surface area (Å²) in [5, 5.41) is 11.3. The molecular weight excluding hydrogens is 252 g/mol. The van der Waals surface area contributed by atoms with Crippen molar-refractivity contribution in [2.24, 2.45) is 0 Å². The number of hydrogen-bond acceptors (Lipinski definition) is 4. The Bertz CT molecular complexity index is 569. The van der Waals surface area contributed by atoms with Gasteiger partial charge in [0.25, 0.3) is 5.91 Å². The largest absolute Gasteiger partial charge is 0.479 e. The maximum absolute atomic E-state index is 11.5. The zero-order chi connectivity index (χ0) is 14.2. The molecule has 1 aromatic carbocycles. The van der Waals surface area contributed by atoms with Crippen molar-refractivity contribution in [3.8, 4) is 5.75 Å². The number of carboxylic acid groups (broad SMARTS) is 1. The van der Waals surface area contributed by atoms with Crippen LogP contribution >= 0.6 is 0 Å². The molecule has 0 radical (unpaired) electrons. The summed E-state index contributed by atoms with van der Waals surface area (Å²) in [5.41, 5.74) is 0.759. The molecule has 0 spiro atoms. The predicted molar refractivity (Wildman–Crippen MR) is 66.2 cm³/mol. The summed E-state index contributed by atoms with van der Waals surface area (Å²) >= 11 is 0. The van der Waals surface area contributed by atoms with E-state index in [1.54, 1.807) is 19.1 Å². The first kappa shape index (κ1) is 12.9. The van der Waals surface area contributed by atoms with Crippen molar-refractivity contribution >= 4 is 29.2 Å². The third-order valence-corrected chi connectivity index (χ3v) is 2.77. The molecule has 0 fully saturated rings. The van der Waals surface area contributed by atoms with Crippen molar-refractivity contribution in [3.05, 3.63) is 18.2 Å². The fraction of sp³-hybridized carbons (Fsp3) is 0.250. The van der Waals surface area contributed by atoms with Gasteiger partial charge < -0.3 is 20.1 Å². The number of benzene rings is 1. The average Bonchev–Trinajstić information content (AvgIpc) is 2.37. The number of aliphatic carboxylic acids is 1. The second kappa shape index (κ2) is 4.60. The molecule has 1 aliphatic heterocycles. The third-order valence-electron chi connectivity index (χ3n) is 2.77. The number of amides is 2. The Morgan fingerprint density at radius 1 is 1.42 bits per heavy atom. The summed E-state index contributed by atoms with van der Waals surface area (Å²) in [5.74, 6) is -2.42. The monoisotopic (exact) mass is 264 g/mol. The SMILES string of the molecule is CC1Oc2ccc(N(C)C(=O)C(=O)O)cc2NC1=O. The van der Waals surface area contributed by atoms with Crippen molar-refractivity contribution in [1.82, 2.24) is 0 Å². The van der Waals surface area contributed by atoms with E-state index in [9.17, 15) is 14.4 Å². The van der Waals surface area contributed by atoms with Crippen molar-refractivity contribution in [2.75, 3.05) is 17.3 Å². The zero-order valence-electron chi connectivity index (χ0n) is 10.3. The Labute approximate surface area is 108 Å². The summed E-state index contributed by atoms with van der Waals surface area (Å²) in [6.45, 7) is 1.62. The van der Waals surface area contributed by atoms with Gasteiger partial charge in [-0.1, -0.05) is 0 Å². The van der Waals surface area contributed by atoms with Crippen LogP contribution in [0.25, 0.3) is 0 Å². The molecule has 7 nitrogen and oxygen atoms in total. The highest BCUT2D eigenvalue weighted by atomic mass is 16.5. The molecule has 0 aliphatic carbocycles. The highest BCUT2D eigenvalue weighted by Gasteiger charge is 2.25. The number of fused-ring (bicyclic) bond motifs is 1. The Morgan fingerprint density at radius 3 is 2.74 bits per heavy atom. The third kappa shape index (κ3) is 2.35. The molecule has 1 unspecified atom stereocenters. The minimum Gasteiger partial charge on any atom is -0.479 e. The molecule has 1 aliphatic rings. The molecule has 2 amide bonds. The van der Waals surface area contributed by atoms with Crippen LogP contribution in [0.2, 0.25) is 0 Å². The molecule has 100 valence electrons. The summed E-state index contributed by atoms with van der Waals surface area (Å²) < 4.78 is 5.35. The van der Waals surface area contributed by atoms with Crippen LogP contribution in [0.4, 0.5) is 11.4 Å². The van der Waals surface area contributed by atoms with Gasteiger partial charge in [-0.25, -0.2) is 4.79 Å². The number of carbonyl (C=O) groups is 3. The number of nitrogens with zero attached hydrogens (tertiary/aromatic N) is 1. The predicted octanol–water partition coefficient (Wildman–Crippen LogP) is 0.453. The number of rotatable bonds is 1. The number of ether oxygens (including phenoxy) is 1. The van der Waals surface area contributed by atoms with E-state index >= 15 is 0 Å². The van der Waals surface area contributed by atoms with E-state index in [0.717, 1.165) is 4.90 Å². The van der Waals surface area contributed by atoms with E-state index in [1.807, 2.05) is 0 Å². The number of carbonyl (C=O) groups excluding carboxylic acids is 2. The van der Waals surface area contributed by atoms with Crippen molar-refractivity contribution < 1.29 is 24.2 Å². The summed E-state index contributed by atoms with van der Waals surface area (Å²) in [4.78, 5) is 34.4. The first-order chi connectivity index (χ1) is 8.90. The quantitative estimate of drug-likeness (QED) is 0.718. The maximum Gasteiger partial charge on any atom is 0.394 e. The van der Waals surface area contributed by atoms with Crippen LogP contribution in [0.15, 0.2) is 18.2 Å². The molecule has 1 atom stereocenters. The number of carboxylic acids is 1. The number of likely N-dealkylation sites (N-methyl/N-ethyl adjacent to an activating group) is 1. The smallest absolute Gasteiger partial charge is 0.394 e. The Morgan fingerprint density at radius 2 is 2.11 bits per heavy atom. The number of nitrogens with one attached hydrogen (secondary N) is 1. The van der Waals surface area contributed by atoms with E-state index in [4.69, 9.17) is 9.84 Å². The lowest BCUT2D eigenvalue weighted by Gasteiger charge is -2.25. The van der Waals surface area contributed by atoms with Crippen LogP contribution in [0, 0.1) is 0 Å². The minimum absolute atomic E-state index is 0.295. The van der Waals surface area contributed by atoms with Gasteiger partial charge in [0.2, 0.25) is 0 Å². The fourth-order valence-corrected chi connectivity index (χ4v) is 1.67. The minimum atomic E-state index is -1.55. The summed E-state index contributed by atoms with van der Waals surface area (Å²) in [7, 11) is 1.34. The van der Waals surface area contributed by atoms with Crippen LogP contribution in [0.3, 0.4) is 0 Å². The van der Waals surface area contributed by atoms with Gasteiger partial charge in [0.15, 0.2) is 6.10 Å². The van der Waals surface area contributed by atoms with Crippen LogP contribution in [-0.4, -0.2) is 36.0 Å². The van der Waals surface area contributed by atoms with Crippen molar-refractivity contribution in [1.29, 1.82) is 0 Å². The molecule has 2 rings (SSSR count).